The fourth-order valence-electron chi connectivity index (χ4n) is 10.4. The Bertz CT molecular complexity index is 2290. The third-order valence-electron chi connectivity index (χ3n) is 11.9. The molecule has 0 amide bonds. The second-order valence-electron chi connectivity index (χ2n) is 14.2. The van der Waals surface area contributed by atoms with Crippen LogP contribution in [0.5, 0.6) is 0 Å². The van der Waals surface area contributed by atoms with E-state index in [4.69, 9.17) is 9.97 Å². The first kappa shape index (κ1) is 26.8. The third-order valence-corrected chi connectivity index (χ3v) is 13.0. The van der Waals surface area contributed by atoms with Crippen molar-refractivity contribution in [3.05, 3.63) is 127 Å². The smallest absolute Gasteiger partial charge is 0.143 e. The Morgan fingerprint density at radius 3 is 2.37 bits per heavy atom. The molecule has 4 saturated carbocycles. The second kappa shape index (κ2) is 9.83. The molecule has 4 aromatic carbocycles. The predicted octanol–water partition coefficient (Wildman–Crippen LogP) is 11.5. The van der Waals surface area contributed by atoms with Gasteiger partial charge in [-0.2, -0.15) is 0 Å². The Hall–Kier alpha value is -4.34. The van der Waals surface area contributed by atoms with Gasteiger partial charge in [-0.05, 0) is 113 Å². The molecule has 46 heavy (non-hydrogen) atoms. The number of nitrogens with zero attached hydrogens (tertiary/aromatic N) is 2. The molecule has 6 aromatic rings. The zero-order valence-electron chi connectivity index (χ0n) is 26.2. The molecule has 2 nitrogen and oxygen atoms in total. The van der Waals surface area contributed by atoms with Gasteiger partial charge >= 0.3 is 0 Å². The van der Waals surface area contributed by atoms with E-state index in [0.717, 1.165) is 56.5 Å². The molecule has 5 aliphatic carbocycles. The van der Waals surface area contributed by atoms with Crippen LogP contribution >= 0.6 is 11.3 Å². The number of fused-ring (bicyclic) bond motifs is 8. The van der Waals surface area contributed by atoms with Gasteiger partial charge in [0, 0.05) is 21.1 Å². The minimum atomic E-state index is 0.109. The number of allylic oxidation sites excluding steroid dienone is 5. The molecule has 4 bridgehead atoms. The van der Waals surface area contributed by atoms with Crippen molar-refractivity contribution in [2.24, 2.45) is 23.7 Å². The van der Waals surface area contributed by atoms with Crippen LogP contribution in [0, 0.1) is 23.7 Å². The molecule has 2 heterocycles. The van der Waals surface area contributed by atoms with E-state index in [-0.39, 0.29) is 5.41 Å². The van der Waals surface area contributed by atoms with Gasteiger partial charge in [0.05, 0.1) is 11.4 Å². The number of benzene rings is 4. The van der Waals surface area contributed by atoms with Gasteiger partial charge in [0.25, 0.3) is 0 Å². The van der Waals surface area contributed by atoms with Crippen LogP contribution < -0.4 is 0 Å². The van der Waals surface area contributed by atoms with Gasteiger partial charge in [-0.1, -0.05) is 97.6 Å². The normalized spacial score (nSPS) is 25.9. The minimum absolute atomic E-state index is 0.109. The summed E-state index contributed by atoms with van der Waals surface area (Å²) in [6, 6.07) is 29.8. The van der Waals surface area contributed by atoms with E-state index in [1.807, 2.05) is 25.2 Å². The first-order valence-corrected chi connectivity index (χ1v) is 17.8. The summed E-state index contributed by atoms with van der Waals surface area (Å²) in [6.07, 6.45) is 15.2. The molecule has 1 spiro atoms. The molecule has 5 aliphatic rings. The predicted molar refractivity (Wildman–Crippen MR) is 194 cm³/mol. The molecule has 224 valence electrons. The van der Waals surface area contributed by atoms with Crippen LogP contribution in [0.4, 0.5) is 0 Å². The first-order valence-electron chi connectivity index (χ1n) is 17.0. The second-order valence-corrected chi connectivity index (χ2v) is 15.3. The van der Waals surface area contributed by atoms with Crippen LogP contribution in [-0.4, -0.2) is 9.97 Å². The van der Waals surface area contributed by atoms with Crippen molar-refractivity contribution in [2.45, 2.75) is 44.4 Å². The summed E-state index contributed by atoms with van der Waals surface area (Å²) >= 11 is 1.71. The number of hydrogen-bond acceptors (Lipinski definition) is 3. The SMILES string of the molecule is C=C(/C=C\C=C/C)c1nc2sc3ccccc3c2nc1-c1ccc2c(c1)-c1ccc3ccccc3c1C21C2CC3CC(C2)CC1C3. The number of thiophene rings is 1. The Kier molecular flexibility index (Phi) is 5.73. The lowest BCUT2D eigenvalue weighted by Gasteiger charge is -2.61. The van der Waals surface area contributed by atoms with E-state index >= 15 is 0 Å². The Morgan fingerprint density at radius 1 is 0.804 bits per heavy atom. The van der Waals surface area contributed by atoms with Crippen LogP contribution in [0.15, 0.2) is 110 Å². The van der Waals surface area contributed by atoms with Crippen molar-refractivity contribution in [1.82, 2.24) is 9.97 Å². The van der Waals surface area contributed by atoms with Gasteiger partial charge in [0.15, 0.2) is 0 Å². The van der Waals surface area contributed by atoms with E-state index in [0.29, 0.717) is 0 Å². The summed E-state index contributed by atoms with van der Waals surface area (Å²) in [6.45, 7) is 6.52. The zero-order chi connectivity index (χ0) is 30.6. The standard InChI is InChI=1S/C43H36N2S/c1-3-4-5-10-25(2)39-40(44-41-34-13-8-9-14-37(34)46-42(41)45-39)29-16-18-36-35(24-29)33-17-15-28-11-6-7-12-32(28)38(33)43(36)30-20-26-19-27(22-30)23-31(43)21-26/h3-18,24,26-27,30-31H,2,19-23H2,1H3/b4-3-,10-5-. The van der Waals surface area contributed by atoms with E-state index in [2.05, 4.69) is 91.5 Å². The molecule has 0 saturated heterocycles. The highest BCUT2D eigenvalue weighted by Crippen LogP contribution is 2.70. The highest BCUT2D eigenvalue weighted by atomic mass is 32.1. The lowest BCUT2D eigenvalue weighted by molar-refractivity contribution is -0.0393. The minimum Gasteiger partial charge on any atom is -0.242 e. The highest BCUT2D eigenvalue weighted by Gasteiger charge is 2.62. The molecule has 0 atom stereocenters. The summed E-state index contributed by atoms with van der Waals surface area (Å²) in [7, 11) is 0. The summed E-state index contributed by atoms with van der Waals surface area (Å²) in [4.78, 5) is 11.7. The number of hydrogen-bond donors (Lipinski definition) is 0. The Morgan fingerprint density at radius 2 is 1.57 bits per heavy atom. The van der Waals surface area contributed by atoms with Crippen molar-refractivity contribution >= 4 is 48.1 Å². The van der Waals surface area contributed by atoms with Gasteiger partial charge in [-0.3, -0.25) is 0 Å². The van der Waals surface area contributed by atoms with E-state index < -0.39 is 0 Å². The Labute approximate surface area is 274 Å². The summed E-state index contributed by atoms with van der Waals surface area (Å²) in [5, 5.41) is 4.00. The lowest BCUT2D eigenvalue weighted by Crippen LogP contribution is -2.55. The van der Waals surface area contributed by atoms with E-state index in [1.54, 1.807) is 22.5 Å². The quantitative estimate of drug-likeness (QED) is 0.185. The molecule has 2 aromatic heterocycles. The molecule has 0 aliphatic heterocycles. The van der Waals surface area contributed by atoms with E-state index in [1.165, 1.54) is 64.1 Å². The molecule has 0 radical (unpaired) electrons. The monoisotopic (exact) mass is 612 g/mol. The summed E-state index contributed by atoms with van der Waals surface area (Å²) in [5.74, 6) is 3.28. The van der Waals surface area contributed by atoms with Crippen LogP contribution in [0.2, 0.25) is 0 Å². The van der Waals surface area contributed by atoms with Gasteiger partial charge < -0.3 is 0 Å². The third kappa shape index (κ3) is 3.58. The van der Waals surface area contributed by atoms with E-state index in [9.17, 15) is 0 Å². The molecule has 4 fully saturated rings. The van der Waals surface area contributed by atoms with Crippen molar-refractivity contribution in [1.29, 1.82) is 0 Å². The summed E-state index contributed by atoms with van der Waals surface area (Å²) < 4.78 is 1.22. The average molecular weight is 613 g/mol. The maximum Gasteiger partial charge on any atom is 0.143 e. The molecule has 3 heteroatoms. The van der Waals surface area contributed by atoms with Crippen LogP contribution in [0.1, 0.15) is 55.8 Å². The number of aromatic nitrogens is 2. The maximum absolute atomic E-state index is 5.43. The molecule has 11 rings (SSSR count). The first-order chi connectivity index (χ1) is 22.6. The van der Waals surface area contributed by atoms with Crippen molar-refractivity contribution in [3.8, 4) is 22.4 Å². The number of rotatable bonds is 4. The van der Waals surface area contributed by atoms with Gasteiger partial charge in [0.2, 0.25) is 0 Å². The largest absolute Gasteiger partial charge is 0.242 e. The molecule has 0 N–H and O–H groups in total. The van der Waals surface area contributed by atoms with Crippen LogP contribution in [0.25, 0.3) is 59.2 Å². The molecule has 0 unspecified atom stereocenters. The molecular formula is C43H36N2S. The maximum atomic E-state index is 5.43. The van der Waals surface area contributed by atoms with Crippen molar-refractivity contribution in [3.63, 3.8) is 0 Å². The van der Waals surface area contributed by atoms with Crippen LogP contribution in [0.3, 0.4) is 0 Å². The fraction of sp³-hybridized carbons (Fsp3) is 0.256. The van der Waals surface area contributed by atoms with Crippen molar-refractivity contribution < 1.29 is 0 Å². The molecular weight excluding hydrogens is 577 g/mol. The Balaban J connectivity index is 1.23. The highest BCUT2D eigenvalue weighted by molar-refractivity contribution is 7.25. The van der Waals surface area contributed by atoms with Gasteiger partial charge in [0.1, 0.15) is 10.3 Å². The van der Waals surface area contributed by atoms with Crippen LogP contribution in [-0.2, 0) is 5.41 Å². The topological polar surface area (TPSA) is 25.8 Å². The zero-order valence-corrected chi connectivity index (χ0v) is 27.0. The average Bonchev–Trinajstić information content (AvgIpc) is 3.59. The summed E-state index contributed by atoms with van der Waals surface area (Å²) in [5.41, 5.74) is 10.9. The van der Waals surface area contributed by atoms with Gasteiger partial charge in [-0.25, -0.2) is 9.97 Å². The van der Waals surface area contributed by atoms with Crippen molar-refractivity contribution in [2.75, 3.05) is 0 Å². The lowest BCUT2D eigenvalue weighted by atomic mass is 9.43. The van der Waals surface area contributed by atoms with Gasteiger partial charge in [-0.15, -0.1) is 11.3 Å². The fourth-order valence-corrected chi connectivity index (χ4v) is 11.5.